The van der Waals surface area contributed by atoms with Crippen molar-refractivity contribution in [2.75, 3.05) is 15.8 Å². The van der Waals surface area contributed by atoms with Gasteiger partial charge >= 0.3 is 6.18 Å². The molecule has 0 unspecified atom stereocenters. The number of amides is 1. The Labute approximate surface area is 184 Å². The van der Waals surface area contributed by atoms with E-state index >= 15 is 0 Å². The zero-order chi connectivity index (χ0) is 23.4. The SMILES string of the molecule is CCCS(=O)(=O)Nc1ccc(NC(=O)c2ccccc2-c2ccc(C(F)(F)F)cc2)cc1. The molecule has 0 saturated carbocycles. The lowest BCUT2D eigenvalue weighted by atomic mass is 9.98. The van der Waals surface area contributed by atoms with Gasteiger partial charge in [0.2, 0.25) is 10.0 Å². The summed E-state index contributed by atoms with van der Waals surface area (Å²) in [6.07, 6.45) is -3.95. The van der Waals surface area contributed by atoms with Gasteiger partial charge in [-0.3, -0.25) is 9.52 Å². The predicted molar refractivity (Wildman–Crippen MR) is 119 cm³/mol. The van der Waals surface area contributed by atoms with Crippen molar-refractivity contribution in [1.82, 2.24) is 0 Å². The first-order chi connectivity index (χ1) is 15.1. The number of carbonyl (C=O) groups excluding carboxylic acids is 1. The molecule has 0 fully saturated rings. The number of nitrogens with one attached hydrogen (secondary N) is 2. The molecule has 0 radical (unpaired) electrons. The van der Waals surface area contributed by atoms with Crippen LogP contribution in [0.5, 0.6) is 0 Å². The first-order valence-electron chi connectivity index (χ1n) is 9.77. The van der Waals surface area contributed by atoms with E-state index in [9.17, 15) is 26.4 Å². The van der Waals surface area contributed by atoms with Gasteiger partial charge < -0.3 is 5.32 Å². The molecule has 3 aromatic carbocycles. The molecule has 0 aliphatic carbocycles. The monoisotopic (exact) mass is 462 g/mol. The average molecular weight is 462 g/mol. The van der Waals surface area contributed by atoms with Gasteiger partial charge in [-0.15, -0.1) is 0 Å². The van der Waals surface area contributed by atoms with Crippen LogP contribution in [0.2, 0.25) is 0 Å². The minimum Gasteiger partial charge on any atom is -0.322 e. The molecule has 0 atom stereocenters. The Balaban J connectivity index is 1.78. The molecule has 0 aliphatic rings. The second-order valence-electron chi connectivity index (χ2n) is 7.07. The molecule has 1 amide bonds. The highest BCUT2D eigenvalue weighted by Gasteiger charge is 2.30. The summed E-state index contributed by atoms with van der Waals surface area (Å²) < 4.78 is 64.6. The molecule has 0 spiro atoms. The van der Waals surface area contributed by atoms with Gasteiger partial charge in [0.05, 0.1) is 11.3 Å². The summed E-state index contributed by atoms with van der Waals surface area (Å²) in [6.45, 7) is 1.76. The third kappa shape index (κ3) is 5.88. The van der Waals surface area contributed by atoms with E-state index in [1.54, 1.807) is 43.3 Å². The van der Waals surface area contributed by atoms with Crippen LogP contribution >= 0.6 is 0 Å². The summed E-state index contributed by atoms with van der Waals surface area (Å²) in [5.41, 5.74) is 1.31. The number of hydrogen-bond donors (Lipinski definition) is 2. The molecule has 2 N–H and O–H groups in total. The topological polar surface area (TPSA) is 75.3 Å². The number of alkyl halides is 3. The fourth-order valence-corrected chi connectivity index (χ4v) is 4.23. The predicted octanol–water partition coefficient (Wildman–Crippen LogP) is 5.78. The van der Waals surface area contributed by atoms with Gasteiger partial charge in [0, 0.05) is 16.9 Å². The minimum atomic E-state index is -4.44. The first kappa shape index (κ1) is 23.3. The summed E-state index contributed by atoms with van der Waals surface area (Å²) in [5.74, 6) is -0.438. The van der Waals surface area contributed by atoms with Crippen LogP contribution in [0.15, 0.2) is 72.8 Å². The lowest BCUT2D eigenvalue weighted by molar-refractivity contribution is -0.137. The zero-order valence-corrected chi connectivity index (χ0v) is 17.9. The maximum absolute atomic E-state index is 12.8. The van der Waals surface area contributed by atoms with Crippen molar-refractivity contribution in [1.29, 1.82) is 0 Å². The second-order valence-corrected chi connectivity index (χ2v) is 8.91. The molecule has 3 aromatic rings. The molecule has 0 bridgehead atoms. The van der Waals surface area contributed by atoms with E-state index in [0.717, 1.165) is 12.1 Å². The van der Waals surface area contributed by atoms with Crippen LogP contribution in [-0.2, 0) is 16.2 Å². The summed E-state index contributed by atoms with van der Waals surface area (Å²) in [4.78, 5) is 12.8. The second kappa shape index (κ2) is 9.44. The van der Waals surface area contributed by atoms with Gasteiger partial charge in [-0.25, -0.2) is 8.42 Å². The van der Waals surface area contributed by atoms with Crippen molar-refractivity contribution in [3.63, 3.8) is 0 Å². The Hall–Kier alpha value is -3.33. The zero-order valence-electron chi connectivity index (χ0n) is 17.1. The largest absolute Gasteiger partial charge is 0.416 e. The lowest BCUT2D eigenvalue weighted by Crippen LogP contribution is -2.16. The fourth-order valence-electron chi connectivity index (χ4n) is 3.09. The van der Waals surface area contributed by atoms with Crippen LogP contribution in [-0.4, -0.2) is 20.1 Å². The van der Waals surface area contributed by atoms with Gasteiger partial charge in [-0.05, 0) is 60.0 Å². The van der Waals surface area contributed by atoms with Crippen molar-refractivity contribution in [3.05, 3.63) is 83.9 Å². The molecule has 0 saturated heterocycles. The fraction of sp³-hybridized carbons (Fsp3) is 0.174. The van der Waals surface area contributed by atoms with Crippen molar-refractivity contribution in [2.24, 2.45) is 0 Å². The quantitative estimate of drug-likeness (QED) is 0.468. The van der Waals surface area contributed by atoms with Gasteiger partial charge in [0.1, 0.15) is 0 Å². The Kier molecular flexibility index (Phi) is 6.88. The highest BCUT2D eigenvalue weighted by atomic mass is 32.2. The molecule has 9 heteroatoms. The van der Waals surface area contributed by atoms with E-state index in [0.29, 0.717) is 34.5 Å². The van der Waals surface area contributed by atoms with E-state index in [-0.39, 0.29) is 5.75 Å². The van der Waals surface area contributed by atoms with Crippen LogP contribution in [0, 0.1) is 0 Å². The molecule has 168 valence electrons. The van der Waals surface area contributed by atoms with Gasteiger partial charge in [0.25, 0.3) is 5.91 Å². The number of benzene rings is 3. The Morgan fingerprint density at radius 1 is 0.875 bits per heavy atom. The van der Waals surface area contributed by atoms with Crippen LogP contribution in [0.3, 0.4) is 0 Å². The smallest absolute Gasteiger partial charge is 0.322 e. The molecular weight excluding hydrogens is 441 g/mol. The maximum Gasteiger partial charge on any atom is 0.416 e. The number of halogens is 3. The Morgan fingerprint density at radius 3 is 2.06 bits per heavy atom. The summed E-state index contributed by atoms with van der Waals surface area (Å²) >= 11 is 0. The van der Waals surface area contributed by atoms with E-state index in [4.69, 9.17) is 0 Å². The Morgan fingerprint density at radius 2 is 1.47 bits per heavy atom. The van der Waals surface area contributed by atoms with Crippen molar-refractivity contribution in [2.45, 2.75) is 19.5 Å². The van der Waals surface area contributed by atoms with E-state index in [2.05, 4.69) is 10.0 Å². The third-order valence-corrected chi connectivity index (χ3v) is 6.08. The van der Waals surface area contributed by atoms with Crippen LogP contribution in [0.4, 0.5) is 24.5 Å². The molecule has 3 rings (SSSR count). The lowest BCUT2D eigenvalue weighted by Gasteiger charge is -2.12. The first-order valence-corrected chi connectivity index (χ1v) is 11.4. The van der Waals surface area contributed by atoms with Crippen LogP contribution in [0.25, 0.3) is 11.1 Å². The number of hydrogen-bond acceptors (Lipinski definition) is 3. The highest BCUT2D eigenvalue weighted by molar-refractivity contribution is 7.92. The number of rotatable bonds is 7. The third-order valence-electron chi connectivity index (χ3n) is 4.58. The van der Waals surface area contributed by atoms with Crippen LogP contribution in [0.1, 0.15) is 29.3 Å². The van der Waals surface area contributed by atoms with Crippen molar-refractivity contribution >= 4 is 27.3 Å². The van der Waals surface area contributed by atoms with Crippen molar-refractivity contribution in [3.8, 4) is 11.1 Å². The molecule has 32 heavy (non-hydrogen) atoms. The maximum atomic E-state index is 12.8. The number of anilines is 2. The summed E-state index contributed by atoms with van der Waals surface area (Å²) in [5, 5.41) is 2.72. The van der Waals surface area contributed by atoms with Crippen molar-refractivity contribution < 1.29 is 26.4 Å². The van der Waals surface area contributed by atoms with E-state index in [1.165, 1.54) is 24.3 Å². The summed E-state index contributed by atoms with van der Waals surface area (Å²) in [7, 11) is -3.42. The summed E-state index contributed by atoms with van der Waals surface area (Å²) in [6, 6.07) is 17.4. The molecule has 5 nitrogen and oxygen atoms in total. The molecule has 0 aromatic heterocycles. The van der Waals surface area contributed by atoms with E-state index < -0.39 is 27.7 Å². The highest BCUT2D eigenvalue weighted by Crippen LogP contribution is 2.32. The molecular formula is C23H21F3N2O3S. The Bertz CT molecular complexity index is 1190. The van der Waals surface area contributed by atoms with Gasteiger partial charge in [-0.1, -0.05) is 37.3 Å². The number of sulfonamides is 1. The van der Waals surface area contributed by atoms with Crippen LogP contribution < -0.4 is 10.0 Å². The molecule has 0 heterocycles. The van der Waals surface area contributed by atoms with Gasteiger partial charge in [-0.2, -0.15) is 13.2 Å². The normalized spacial score (nSPS) is 11.8. The minimum absolute atomic E-state index is 0.00617. The van der Waals surface area contributed by atoms with E-state index in [1.807, 2.05) is 0 Å². The van der Waals surface area contributed by atoms with Gasteiger partial charge in [0.15, 0.2) is 0 Å². The standard InChI is InChI=1S/C23H21F3N2O3S/c1-2-15-32(30,31)28-19-13-11-18(12-14-19)27-22(29)21-6-4-3-5-20(21)16-7-9-17(10-8-16)23(24,25)26/h3-14,28H,2,15H2,1H3,(H,27,29). The molecule has 0 aliphatic heterocycles. The average Bonchev–Trinajstić information content (AvgIpc) is 2.74. The number of carbonyl (C=O) groups is 1.